The molecule has 21 heavy (non-hydrogen) atoms. The number of carbonyl (C=O) groups excluding carboxylic acids is 1. The standard InChI is InChI=1S/C17H27N3O/c1-17(2,3)13-7-9-20(10-8-13)15-6-5-12(11-14(15)18)16(21)19-4/h5-6,11,13H,7-10,18H2,1-4H3,(H,19,21). The van der Waals surface area contributed by atoms with Gasteiger partial charge in [0.1, 0.15) is 0 Å². The monoisotopic (exact) mass is 289 g/mol. The third-order valence-electron chi connectivity index (χ3n) is 4.58. The Kier molecular flexibility index (Phi) is 4.45. The number of amides is 1. The highest BCUT2D eigenvalue weighted by atomic mass is 16.1. The van der Waals surface area contributed by atoms with E-state index < -0.39 is 0 Å². The van der Waals surface area contributed by atoms with E-state index in [1.165, 1.54) is 12.8 Å². The molecule has 1 aliphatic heterocycles. The first-order chi connectivity index (χ1) is 9.82. The Labute approximate surface area is 127 Å². The topological polar surface area (TPSA) is 58.4 Å². The van der Waals surface area contributed by atoms with Crippen molar-refractivity contribution in [3.63, 3.8) is 0 Å². The fourth-order valence-electron chi connectivity index (χ4n) is 3.11. The number of hydrogen-bond donors (Lipinski definition) is 2. The van der Waals surface area contributed by atoms with Crippen molar-refractivity contribution in [2.24, 2.45) is 11.3 Å². The molecule has 2 rings (SSSR count). The summed E-state index contributed by atoms with van der Waals surface area (Å²) in [6.07, 6.45) is 2.39. The van der Waals surface area contributed by atoms with Crippen molar-refractivity contribution in [2.75, 3.05) is 30.8 Å². The Morgan fingerprint density at radius 1 is 1.29 bits per heavy atom. The lowest BCUT2D eigenvalue weighted by atomic mass is 9.75. The van der Waals surface area contributed by atoms with Crippen molar-refractivity contribution >= 4 is 17.3 Å². The van der Waals surface area contributed by atoms with Crippen molar-refractivity contribution in [3.8, 4) is 0 Å². The van der Waals surface area contributed by atoms with Gasteiger partial charge in [0.15, 0.2) is 0 Å². The largest absolute Gasteiger partial charge is 0.397 e. The van der Waals surface area contributed by atoms with Crippen LogP contribution in [0.2, 0.25) is 0 Å². The third-order valence-corrected chi connectivity index (χ3v) is 4.58. The minimum Gasteiger partial charge on any atom is -0.397 e. The zero-order chi connectivity index (χ0) is 15.6. The molecule has 0 spiro atoms. The average Bonchev–Trinajstić information content (AvgIpc) is 2.45. The van der Waals surface area contributed by atoms with E-state index in [2.05, 4.69) is 31.0 Å². The van der Waals surface area contributed by atoms with Crippen LogP contribution < -0.4 is 16.0 Å². The molecule has 0 aliphatic carbocycles. The van der Waals surface area contributed by atoms with Gasteiger partial charge in [-0.15, -0.1) is 0 Å². The maximum absolute atomic E-state index is 11.6. The van der Waals surface area contributed by atoms with Gasteiger partial charge in [-0.05, 0) is 42.4 Å². The van der Waals surface area contributed by atoms with Crippen LogP contribution >= 0.6 is 0 Å². The van der Waals surface area contributed by atoms with Gasteiger partial charge in [-0.25, -0.2) is 0 Å². The van der Waals surface area contributed by atoms with Crippen LogP contribution in [0.1, 0.15) is 44.0 Å². The molecule has 1 heterocycles. The first-order valence-corrected chi connectivity index (χ1v) is 7.69. The number of nitrogens with two attached hydrogens (primary N) is 1. The van der Waals surface area contributed by atoms with Gasteiger partial charge in [0.05, 0.1) is 11.4 Å². The lowest BCUT2D eigenvalue weighted by Gasteiger charge is -2.40. The number of nitrogens with one attached hydrogen (secondary N) is 1. The van der Waals surface area contributed by atoms with Crippen molar-refractivity contribution in [1.29, 1.82) is 0 Å². The summed E-state index contributed by atoms with van der Waals surface area (Å²) in [6, 6.07) is 5.59. The molecule has 1 aromatic rings. The maximum atomic E-state index is 11.6. The van der Waals surface area contributed by atoms with Gasteiger partial charge in [0.25, 0.3) is 5.91 Å². The van der Waals surface area contributed by atoms with Crippen LogP contribution in [0, 0.1) is 11.3 Å². The van der Waals surface area contributed by atoms with E-state index in [4.69, 9.17) is 5.73 Å². The molecule has 4 nitrogen and oxygen atoms in total. The Bertz CT molecular complexity index is 511. The van der Waals surface area contributed by atoms with Gasteiger partial charge in [-0.3, -0.25) is 4.79 Å². The maximum Gasteiger partial charge on any atom is 0.251 e. The number of benzene rings is 1. The average molecular weight is 289 g/mol. The van der Waals surface area contributed by atoms with Gasteiger partial charge < -0.3 is 16.0 Å². The summed E-state index contributed by atoms with van der Waals surface area (Å²) in [5, 5.41) is 2.62. The molecule has 3 N–H and O–H groups in total. The summed E-state index contributed by atoms with van der Waals surface area (Å²) in [7, 11) is 1.63. The van der Waals surface area contributed by atoms with Gasteiger partial charge >= 0.3 is 0 Å². The van der Waals surface area contributed by atoms with Crippen molar-refractivity contribution < 1.29 is 4.79 Å². The number of piperidine rings is 1. The van der Waals surface area contributed by atoms with Crippen LogP contribution in [-0.2, 0) is 0 Å². The fraction of sp³-hybridized carbons (Fsp3) is 0.588. The number of rotatable bonds is 2. The SMILES string of the molecule is CNC(=O)c1ccc(N2CCC(C(C)(C)C)CC2)c(N)c1. The molecule has 1 saturated heterocycles. The predicted molar refractivity (Wildman–Crippen MR) is 88.6 cm³/mol. The second-order valence-electron chi connectivity index (χ2n) is 6.98. The molecule has 0 saturated carbocycles. The minimum atomic E-state index is -0.0975. The highest BCUT2D eigenvalue weighted by Crippen LogP contribution is 2.36. The molecule has 0 bridgehead atoms. The van der Waals surface area contributed by atoms with Gasteiger partial charge in [-0.1, -0.05) is 20.8 Å². The molecule has 1 aromatic carbocycles. The smallest absolute Gasteiger partial charge is 0.251 e. The zero-order valence-electron chi connectivity index (χ0n) is 13.6. The fourth-order valence-corrected chi connectivity index (χ4v) is 3.11. The van der Waals surface area contributed by atoms with E-state index in [0.717, 1.165) is 24.7 Å². The van der Waals surface area contributed by atoms with Gasteiger partial charge in [0, 0.05) is 25.7 Å². The lowest BCUT2D eigenvalue weighted by Crippen LogP contribution is -2.38. The van der Waals surface area contributed by atoms with Crippen LogP contribution in [0.25, 0.3) is 0 Å². The Morgan fingerprint density at radius 2 is 1.90 bits per heavy atom. The number of carbonyl (C=O) groups is 1. The molecule has 0 aromatic heterocycles. The van der Waals surface area contributed by atoms with Crippen LogP contribution in [0.4, 0.5) is 11.4 Å². The second kappa shape index (κ2) is 5.96. The number of nitrogens with zero attached hydrogens (tertiary/aromatic N) is 1. The summed E-state index contributed by atoms with van der Waals surface area (Å²) >= 11 is 0. The van der Waals surface area contributed by atoms with Crippen LogP contribution in [0.3, 0.4) is 0 Å². The van der Waals surface area contributed by atoms with Crippen LogP contribution in [0.5, 0.6) is 0 Å². The highest BCUT2D eigenvalue weighted by Gasteiger charge is 2.29. The van der Waals surface area contributed by atoms with Crippen molar-refractivity contribution in [1.82, 2.24) is 5.32 Å². The molecule has 0 unspecified atom stereocenters. The first-order valence-electron chi connectivity index (χ1n) is 7.69. The molecule has 0 radical (unpaired) electrons. The quantitative estimate of drug-likeness (QED) is 0.823. The first kappa shape index (κ1) is 15.7. The van der Waals surface area contributed by atoms with E-state index in [-0.39, 0.29) is 5.91 Å². The molecule has 0 atom stereocenters. The second-order valence-corrected chi connectivity index (χ2v) is 6.98. The highest BCUT2D eigenvalue weighted by molar-refractivity contribution is 5.96. The van der Waals surface area contributed by atoms with Crippen LogP contribution in [-0.4, -0.2) is 26.0 Å². The lowest BCUT2D eigenvalue weighted by molar-refractivity contribution is 0.0963. The molecule has 1 fully saturated rings. The summed E-state index contributed by atoms with van der Waals surface area (Å²) in [6.45, 7) is 9.02. The molecule has 4 heteroatoms. The molecule has 1 amide bonds. The number of nitrogen functional groups attached to an aromatic ring is 1. The zero-order valence-corrected chi connectivity index (χ0v) is 13.6. The van der Waals surface area contributed by atoms with E-state index in [9.17, 15) is 4.79 Å². The normalized spacial score (nSPS) is 16.9. The predicted octanol–water partition coefficient (Wildman–Crippen LogP) is 2.89. The van der Waals surface area contributed by atoms with Crippen LogP contribution in [0.15, 0.2) is 18.2 Å². The Morgan fingerprint density at radius 3 is 2.38 bits per heavy atom. The molecule has 116 valence electrons. The third kappa shape index (κ3) is 3.49. The molecule has 1 aliphatic rings. The van der Waals surface area contributed by atoms with E-state index >= 15 is 0 Å². The summed E-state index contributed by atoms with van der Waals surface area (Å²) in [4.78, 5) is 14.0. The Hall–Kier alpha value is -1.71. The number of hydrogen-bond acceptors (Lipinski definition) is 3. The summed E-state index contributed by atoms with van der Waals surface area (Å²) in [5.41, 5.74) is 8.87. The molecular formula is C17H27N3O. The molecular weight excluding hydrogens is 262 g/mol. The van der Waals surface area contributed by atoms with Gasteiger partial charge in [-0.2, -0.15) is 0 Å². The Balaban J connectivity index is 2.09. The van der Waals surface area contributed by atoms with Crippen molar-refractivity contribution in [3.05, 3.63) is 23.8 Å². The van der Waals surface area contributed by atoms with E-state index in [0.29, 0.717) is 16.7 Å². The van der Waals surface area contributed by atoms with Gasteiger partial charge in [0.2, 0.25) is 0 Å². The minimum absolute atomic E-state index is 0.0975. The summed E-state index contributed by atoms with van der Waals surface area (Å²) < 4.78 is 0. The number of anilines is 2. The van der Waals surface area contributed by atoms with E-state index in [1.54, 1.807) is 13.1 Å². The summed E-state index contributed by atoms with van der Waals surface area (Å²) in [5.74, 6) is 0.666. The van der Waals surface area contributed by atoms with Crippen molar-refractivity contribution in [2.45, 2.75) is 33.6 Å². The van der Waals surface area contributed by atoms with E-state index in [1.807, 2.05) is 12.1 Å².